The van der Waals surface area contributed by atoms with Crippen molar-refractivity contribution in [1.82, 2.24) is 0 Å². The van der Waals surface area contributed by atoms with Crippen LogP contribution in [0.25, 0.3) is 0 Å². The fraction of sp³-hybridized carbons (Fsp3) is 0.364. The van der Waals surface area contributed by atoms with E-state index in [2.05, 4.69) is 5.32 Å². The van der Waals surface area contributed by atoms with Gasteiger partial charge in [0, 0.05) is 6.07 Å². The zero-order valence-corrected chi connectivity index (χ0v) is 8.83. The lowest BCUT2D eigenvalue weighted by atomic mass is 10.2. The van der Waals surface area contributed by atoms with Gasteiger partial charge in [0.15, 0.2) is 0 Å². The molecule has 0 fully saturated rings. The molecule has 1 N–H and O–H groups in total. The van der Waals surface area contributed by atoms with Crippen LogP contribution in [0.15, 0.2) is 18.2 Å². The Hall–Kier alpha value is -1.78. The summed E-state index contributed by atoms with van der Waals surface area (Å²) in [4.78, 5) is 11.4. The Bertz CT molecular complexity index is 408. The van der Waals surface area contributed by atoms with Crippen molar-refractivity contribution in [3.8, 4) is 5.75 Å². The predicted molar refractivity (Wildman–Crippen MR) is 55.9 cm³/mol. The summed E-state index contributed by atoms with van der Waals surface area (Å²) in [6.07, 6.45) is -0.669. The van der Waals surface area contributed by atoms with Gasteiger partial charge in [0.1, 0.15) is 11.6 Å². The van der Waals surface area contributed by atoms with Crippen molar-refractivity contribution in [3.05, 3.63) is 24.0 Å². The zero-order valence-electron chi connectivity index (χ0n) is 8.83. The van der Waals surface area contributed by atoms with E-state index in [1.807, 2.05) is 0 Å². The van der Waals surface area contributed by atoms with Gasteiger partial charge >= 0.3 is 5.97 Å². The van der Waals surface area contributed by atoms with Crippen LogP contribution in [-0.4, -0.2) is 25.2 Å². The van der Waals surface area contributed by atoms with E-state index in [1.54, 1.807) is 6.92 Å². The highest BCUT2D eigenvalue weighted by Gasteiger charge is 2.26. The molecule has 0 radical (unpaired) electrons. The van der Waals surface area contributed by atoms with E-state index in [1.165, 1.54) is 18.2 Å². The highest BCUT2D eigenvalue weighted by atomic mass is 19.1. The molecule has 1 heterocycles. The van der Waals surface area contributed by atoms with Crippen LogP contribution < -0.4 is 10.1 Å². The molecule has 1 aromatic rings. The molecule has 0 aromatic heterocycles. The largest absolute Gasteiger partial charge is 0.475 e. The minimum Gasteiger partial charge on any atom is -0.475 e. The van der Waals surface area contributed by atoms with Crippen LogP contribution in [0.1, 0.15) is 6.92 Å². The number of benzene rings is 1. The molecule has 16 heavy (non-hydrogen) atoms. The van der Waals surface area contributed by atoms with E-state index in [9.17, 15) is 9.18 Å². The van der Waals surface area contributed by atoms with Crippen molar-refractivity contribution >= 4 is 11.7 Å². The summed E-state index contributed by atoms with van der Waals surface area (Å²) >= 11 is 0. The quantitative estimate of drug-likeness (QED) is 0.776. The molecular formula is C11H12FNO3. The Morgan fingerprint density at radius 2 is 2.50 bits per heavy atom. The Kier molecular flexibility index (Phi) is 2.94. The van der Waals surface area contributed by atoms with Crippen LogP contribution in [0.5, 0.6) is 5.75 Å². The molecule has 86 valence electrons. The molecule has 0 spiro atoms. The van der Waals surface area contributed by atoms with Crippen LogP contribution in [0.3, 0.4) is 0 Å². The summed E-state index contributed by atoms with van der Waals surface area (Å²) in [6, 6.07) is 4.10. The second-order valence-corrected chi connectivity index (χ2v) is 3.38. The molecule has 0 aliphatic carbocycles. The molecule has 0 amide bonds. The number of carbonyl (C=O) groups excluding carboxylic acids is 1. The van der Waals surface area contributed by atoms with E-state index in [-0.39, 0.29) is 12.4 Å². The topological polar surface area (TPSA) is 47.6 Å². The normalized spacial score (nSPS) is 18.0. The summed E-state index contributed by atoms with van der Waals surface area (Å²) < 4.78 is 23.1. The number of hydrogen-bond acceptors (Lipinski definition) is 4. The number of ether oxygens (including phenoxy) is 2. The number of fused-ring (bicyclic) bond motifs is 1. The first-order valence-electron chi connectivity index (χ1n) is 5.07. The molecular weight excluding hydrogens is 213 g/mol. The Morgan fingerprint density at radius 1 is 1.69 bits per heavy atom. The minimum absolute atomic E-state index is 0.287. The lowest BCUT2D eigenvalue weighted by Crippen LogP contribution is -2.38. The van der Waals surface area contributed by atoms with E-state index in [0.29, 0.717) is 18.0 Å². The van der Waals surface area contributed by atoms with Crippen molar-refractivity contribution in [3.63, 3.8) is 0 Å². The summed E-state index contributed by atoms with van der Waals surface area (Å²) in [5.41, 5.74) is 0.556. The van der Waals surface area contributed by atoms with Crippen molar-refractivity contribution in [2.75, 3.05) is 18.5 Å². The molecule has 0 bridgehead atoms. The Labute approximate surface area is 92.4 Å². The van der Waals surface area contributed by atoms with Gasteiger partial charge in [-0.05, 0) is 19.1 Å². The van der Waals surface area contributed by atoms with E-state index in [4.69, 9.17) is 9.47 Å². The third-order valence-corrected chi connectivity index (χ3v) is 2.24. The predicted octanol–water partition coefficient (Wildman–Crippen LogP) is 1.56. The van der Waals surface area contributed by atoms with E-state index in [0.717, 1.165) is 0 Å². The van der Waals surface area contributed by atoms with Gasteiger partial charge in [0.05, 0.1) is 18.8 Å². The van der Waals surface area contributed by atoms with Crippen molar-refractivity contribution in [1.29, 1.82) is 0 Å². The van der Waals surface area contributed by atoms with Crippen LogP contribution in [0.4, 0.5) is 10.1 Å². The van der Waals surface area contributed by atoms with Gasteiger partial charge in [0.2, 0.25) is 6.10 Å². The van der Waals surface area contributed by atoms with Gasteiger partial charge in [-0.2, -0.15) is 0 Å². The van der Waals surface area contributed by atoms with Gasteiger partial charge in [-0.15, -0.1) is 0 Å². The first-order valence-corrected chi connectivity index (χ1v) is 5.07. The summed E-state index contributed by atoms with van der Waals surface area (Å²) in [6.45, 7) is 2.34. The zero-order chi connectivity index (χ0) is 11.5. The fourth-order valence-electron chi connectivity index (χ4n) is 1.51. The Morgan fingerprint density at radius 3 is 3.25 bits per heavy atom. The lowest BCUT2D eigenvalue weighted by Gasteiger charge is -2.25. The van der Waals surface area contributed by atoms with E-state index >= 15 is 0 Å². The van der Waals surface area contributed by atoms with Crippen molar-refractivity contribution < 1.29 is 18.7 Å². The highest BCUT2D eigenvalue weighted by Crippen LogP contribution is 2.29. The second kappa shape index (κ2) is 4.38. The smallest absolute Gasteiger partial charge is 0.349 e. The molecule has 1 atom stereocenters. The number of esters is 1. The SMILES string of the molecule is CCOC(=O)C1CNc2cc(F)ccc2O1. The molecule has 0 saturated heterocycles. The molecule has 4 nitrogen and oxygen atoms in total. The van der Waals surface area contributed by atoms with Crippen molar-refractivity contribution in [2.24, 2.45) is 0 Å². The molecule has 0 saturated carbocycles. The minimum atomic E-state index is -0.669. The molecule has 2 rings (SSSR count). The molecule has 5 heteroatoms. The number of hydrogen-bond donors (Lipinski definition) is 1. The molecule has 1 aliphatic rings. The summed E-state index contributed by atoms with van der Waals surface area (Å²) in [5, 5.41) is 2.93. The number of nitrogens with one attached hydrogen (secondary N) is 1. The van der Waals surface area contributed by atoms with E-state index < -0.39 is 12.1 Å². The number of carbonyl (C=O) groups is 1. The van der Waals surface area contributed by atoms with Crippen LogP contribution in [0.2, 0.25) is 0 Å². The number of anilines is 1. The van der Waals surface area contributed by atoms with Crippen LogP contribution in [-0.2, 0) is 9.53 Å². The van der Waals surface area contributed by atoms with Crippen molar-refractivity contribution in [2.45, 2.75) is 13.0 Å². The maximum atomic E-state index is 12.9. The third kappa shape index (κ3) is 2.08. The van der Waals surface area contributed by atoms with Crippen LogP contribution in [0, 0.1) is 5.82 Å². The molecule has 1 aromatic carbocycles. The first-order chi connectivity index (χ1) is 7.70. The van der Waals surface area contributed by atoms with Crippen LogP contribution >= 0.6 is 0 Å². The van der Waals surface area contributed by atoms with Gasteiger partial charge in [-0.3, -0.25) is 0 Å². The van der Waals surface area contributed by atoms with Gasteiger partial charge in [-0.25, -0.2) is 9.18 Å². The third-order valence-electron chi connectivity index (χ3n) is 2.24. The molecule has 1 aliphatic heterocycles. The Balaban J connectivity index is 2.12. The molecule has 1 unspecified atom stereocenters. The monoisotopic (exact) mass is 225 g/mol. The maximum absolute atomic E-state index is 12.9. The van der Waals surface area contributed by atoms with Gasteiger partial charge in [0.25, 0.3) is 0 Å². The standard InChI is InChI=1S/C11H12FNO3/c1-2-15-11(14)10-6-13-8-5-7(12)3-4-9(8)16-10/h3-5,10,13H,2,6H2,1H3. The highest BCUT2D eigenvalue weighted by molar-refractivity contribution is 5.77. The summed E-state index contributed by atoms with van der Waals surface area (Å²) in [5.74, 6) is -0.292. The maximum Gasteiger partial charge on any atom is 0.349 e. The first kappa shape index (κ1) is 10.7. The summed E-state index contributed by atoms with van der Waals surface area (Å²) in [7, 11) is 0. The number of halogens is 1. The lowest BCUT2D eigenvalue weighted by molar-refractivity contribution is -0.150. The van der Waals surface area contributed by atoms with Gasteiger partial charge in [-0.1, -0.05) is 0 Å². The fourth-order valence-corrected chi connectivity index (χ4v) is 1.51. The average molecular weight is 225 g/mol. The number of rotatable bonds is 2. The average Bonchev–Trinajstić information content (AvgIpc) is 2.28. The van der Waals surface area contributed by atoms with Gasteiger partial charge < -0.3 is 14.8 Å². The second-order valence-electron chi connectivity index (χ2n) is 3.38.